The number of carbonyl (C=O) groups excluding carboxylic acids is 3. The highest BCUT2D eigenvalue weighted by molar-refractivity contribution is 7.12. The van der Waals surface area contributed by atoms with E-state index in [1.54, 1.807) is 24.4 Å². The van der Waals surface area contributed by atoms with E-state index >= 15 is 0 Å². The number of amides is 1. The van der Waals surface area contributed by atoms with Gasteiger partial charge in [-0.1, -0.05) is 24.3 Å². The quantitative estimate of drug-likeness (QED) is 0.299. The van der Waals surface area contributed by atoms with Gasteiger partial charge in [-0.25, -0.2) is 9.78 Å². The van der Waals surface area contributed by atoms with E-state index < -0.39 is 24.5 Å². The predicted octanol–water partition coefficient (Wildman–Crippen LogP) is 4.14. The third kappa shape index (κ3) is 4.30. The number of fused-ring (bicyclic) bond motifs is 1. The van der Waals surface area contributed by atoms with E-state index in [0.29, 0.717) is 12.0 Å². The average molecular weight is 490 g/mol. The van der Waals surface area contributed by atoms with Gasteiger partial charge in [0.25, 0.3) is 5.91 Å². The molecule has 0 radical (unpaired) electrons. The average Bonchev–Trinajstić information content (AvgIpc) is 3.63. The van der Waals surface area contributed by atoms with Gasteiger partial charge >= 0.3 is 5.97 Å². The van der Waals surface area contributed by atoms with E-state index in [1.807, 2.05) is 48.1 Å². The lowest BCUT2D eigenvalue weighted by Crippen LogP contribution is -2.49. The fraction of sp³-hybridized carbons (Fsp3) is 0.231. The first-order valence-corrected chi connectivity index (χ1v) is 12.0. The zero-order valence-corrected chi connectivity index (χ0v) is 20.1. The first-order chi connectivity index (χ1) is 16.9. The summed E-state index contributed by atoms with van der Waals surface area (Å²) in [7, 11) is 0. The van der Waals surface area contributed by atoms with Gasteiger partial charge in [-0.05, 0) is 43.2 Å². The second kappa shape index (κ2) is 9.34. The number of benzene rings is 1. The van der Waals surface area contributed by atoms with Gasteiger partial charge in [0.1, 0.15) is 6.04 Å². The molecule has 1 unspecified atom stereocenters. The van der Waals surface area contributed by atoms with Crippen LogP contribution in [0.2, 0.25) is 0 Å². The van der Waals surface area contributed by atoms with Gasteiger partial charge in [-0.3, -0.25) is 14.2 Å². The van der Waals surface area contributed by atoms with E-state index in [0.717, 1.165) is 27.6 Å². The Morgan fingerprint density at radius 2 is 1.94 bits per heavy atom. The van der Waals surface area contributed by atoms with Crippen molar-refractivity contribution >= 4 is 29.0 Å². The molecule has 8 nitrogen and oxygen atoms in total. The van der Waals surface area contributed by atoms with Crippen LogP contribution in [0.25, 0.3) is 5.13 Å². The number of rotatable bonds is 6. The number of Topliss-reactive ketones (excluding diaryl/α,β-unsaturated/α-hetero) is 1. The Morgan fingerprint density at radius 3 is 2.66 bits per heavy atom. The van der Waals surface area contributed by atoms with Gasteiger partial charge in [0.2, 0.25) is 5.78 Å². The molecule has 1 amide bonds. The number of ether oxygens (including phenoxy) is 1. The number of aryl methyl sites for hydroxylation is 1. The number of esters is 1. The molecule has 4 heterocycles. The molecule has 0 N–H and O–H groups in total. The first-order valence-electron chi connectivity index (χ1n) is 11.1. The Kier molecular flexibility index (Phi) is 6.08. The molecule has 1 atom stereocenters. The van der Waals surface area contributed by atoms with Crippen LogP contribution in [-0.2, 0) is 22.5 Å². The van der Waals surface area contributed by atoms with Crippen molar-refractivity contribution in [1.82, 2.24) is 14.5 Å². The normalized spacial score (nSPS) is 15.0. The standard InChI is InChI=1S/C26H23N3O5S/c1-16-12-20(17(2)29(16)26-27-9-11-35-26)22(30)15-34-25(32)21-13-18-6-3-4-7-19(18)14-28(21)24(31)23-8-5-10-33-23/h3-12,21H,13-15H2,1-2H3. The highest BCUT2D eigenvalue weighted by atomic mass is 32.1. The number of thiazole rings is 1. The van der Waals surface area contributed by atoms with Crippen molar-refractivity contribution in [2.75, 3.05) is 6.61 Å². The van der Waals surface area contributed by atoms with Crippen LogP contribution in [0.3, 0.4) is 0 Å². The molecule has 1 aliphatic rings. The number of carbonyl (C=O) groups is 3. The minimum Gasteiger partial charge on any atom is -0.459 e. The fourth-order valence-corrected chi connectivity index (χ4v) is 5.22. The Balaban J connectivity index is 1.34. The van der Waals surface area contributed by atoms with Crippen molar-refractivity contribution in [2.24, 2.45) is 0 Å². The third-order valence-electron chi connectivity index (χ3n) is 6.20. The molecule has 178 valence electrons. The summed E-state index contributed by atoms with van der Waals surface area (Å²) in [6.07, 6.45) is 3.42. The molecule has 5 rings (SSSR count). The van der Waals surface area contributed by atoms with Crippen molar-refractivity contribution in [3.05, 3.63) is 94.1 Å². The van der Waals surface area contributed by atoms with Crippen molar-refractivity contribution in [3.8, 4) is 5.13 Å². The molecular formula is C26H23N3O5S. The van der Waals surface area contributed by atoms with Crippen LogP contribution in [0.15, 0.2) is 64.7 Å². The smallest absolute Gasteiger partial charge is 0.329 e. The van der Waals surface area contributed by atoms with Crippen molar-refractivity contribution < 1.29 is 23.5 Å². The molecule has 0 fully saturated rings. The fourth-order valence-electron chi connectivity index (χ4n) is 4.47. The predicted molar refractivity (Wildman–Crippen MR) is 129 cm³/mol. The highest BCUT2D eigenvalue weighted by Gasteiger charge is 2.37. The van der Waals surface area contributed by atoms with Crippen LogP contribution < -0.4 is 0 Å². The minimum atomic E-state index is -0.863. The molecule has 35 heavy (non-hydrogen) atoms. The Morgan fingerprint density at radius 1 is 1.14 bits per heavy atom. The van der Waals surface area contributed by atoms with E-state index in [2.05, 4.69) is 4.98 Å². The summed E-state index contributed by atoms with van der Waals surface area (Å²) in [5.74, 6) is -1.19. The molecule has 1 aliphatic heterocycles. The van der Waals surface area contributed by atoms with Gasteiger partial charge in [-0.2, -0.15) is 0 Å². The SMILES string of the molecule is Cc1cc(C(=O)COC(=O)C2Cc3ccccc3CN2C(=O)c2ccco2)c(C)n1-c1nccs1. The molecule has 0 aliphatic carbocycles. The van der Waals surface area contributed by atoms with Crippen LogP contribution in [0, 0.1) is 13.8 Å². The molecule has 3 aromatic heterocycles. The lowest BCUT2D eigenvalue weighted by atomic mass is 9.93. The second-order valence-electron chi connectivity index (χ2n) is 8.36. The lowest BCUT2D eigenvalue weighted by molar-refractivity contribution is -0.148. The molecule has 1 aromatic carbocycles. The maximum absolute atomic E-state index is 13.2. The van der Waals surface area contributed by atoms with Gasteiger partial charge in [-0.15, -0.1) is 11.3 Å². The summed E-state index contributed by atoms with van der Waals surface area (Å²) in [4.78, 5) is 45.0. The number of nitrogens with zero attached hydrogens (tertiary/aromatic N) is 3. The van der Waals surface area contributed by atoms with Crippen molar-refractivity contribution in [2.45, 2.75) is 32.9 Å². The Hall–Kier alpha value is -3.98. The van der Waals surface area contributed by atoms with Gasteiger partial charge in [0.05, 0.1) is 6.26 Å². The van der Waals surface area contributed by atoms with Gasteiger partial charge < -0.3 is 14.1 Å². The van der Waals surface area contributed by atoms with Crippen LogP contribution in [0.1, 0.15) is 43.4 Å². The Labute approximate surface area is 205 Å². The second-order valence-corrected chi connectivity index (χ2v) is 9.24. The maximum Gasteiger partial charge on any atom is 0.329 e. The summed E-state index contributed by atoms with van der Waals surface area (Å²) in [6, 6.07) is 11.8. The van der Waals surface area contributed by atoms with Crippen LogP contribution in [0.5, 0.6) is 0 Å². The maximum atomic E-state index is 13.2. The number of ketones is 1. The highest BCUT2D eigenvalue weighted by Crippen LogP contribution is 2.27. The number of aromatic nitrogens is 2. The van der Waals surface area contributed by atoms with Gasteiger partial charge in [0.15, 0.2) is 17.5 Å². The zero-order valence-electron chi connectivity index (χ0n) is 19.3. The first kappa shape index (κ1) is 22.8. The molecule has 0 saturated carbocycles. The molecule has 9 heteroatoms. The van der Waals surface area contributed by atoms with Crippen LogP contribution >= 0.6 is 11.3 Å². The third-order valence-corrected chi connectivity index (χ3v) is 6.96. The topological polar surface area (TPSA) is 94.6 Å². The molecule has 4 aromatic rings. The number of hydrogen-bond donors (Lipinski definition) is 0. The van der Waals surface area contributed by atoms with Crippen molar-refractivity contribution in [1.29, 1.82) is 0 Å². The molecule has 0 bridgehead atoms. The van der Waals surface area contributed by atoms with E-state index in [9.17, 15) is 14.4 Å². The van der Waals surface area contributed by atoms with Crippen molar-refractivity contribution in [3.63, 3.8) is 0 Å². The summed E-state index contributed by atoms with van der Waals surface area (Å²) < 4.78 is 12.6. The number of furan rings is 1. The van der Waals surface area contributed by atoms with Crippen LogP contribution in [0.4, 0.5) is 0 Å². The molecule has 0 spiro atoms. The lowest BCUT2D eigenvalue weighted by Gasteiger charge is -2.34. The monoisotopic (exact) mass is 489 g/mol. The summed E-state index contributed by atoms with van der Waals surface area (Å²) in [5, 5.41) is 2.64. The minimum absolute atomic E-state index is 0.146. The Bertz CT molecular complexity index is 1390. The number of hydrogen-bond acceptors (Lipinski definition) is 7. The van der Waals surface area contributed by atoms with Crippen LogP contribution in [-0.4, -0.2) is 44.8 Å². The summed E-state index contributed by atoms with van der Waals surface area (Å²) in [6.45, 7) is 3.57. The largest absolute Gasteiger partial charge is 0.459 e. The molecular weight excluding hydrogens is 466 g/mol. The summed E-state index contributed by atoms with van der Waals surface area (Å²) in [5.41, 5.74) is 4.01. The molecule has 0 saturated heterocycles. The zero-order chi connectivity index (χ0) is 24.5. The van der Waals surface area contributed by atoms with E-state index in [-0.39, 0.29) is 18.1 Å². The van der Waals surface area contributed by atoms with E-state index in [4.69, 9.17) is 9.15 Å². The van der Waals surface area contributed by atoms with E-state index in [1.165, 1.54) is 22.5 Å². The summed E-state index contributed by atoms with van der Waals surface area (Å²) >= 11 is 1.47. The van der Waals surface area contributed by atoms with Gasteiger partial charge in [0, 0.05) is 41.5 Å².